The van der Waals surface area contributed by atoms with E-state index in [9.17, 15) is 9.59 Å². The molecule has 0 radical (unpaired) electrons. The summed E-state index contributed by atoms with van der Waals surface area (Å²) in [5.41, 5.74) is 0.701. The SMILES string of the molecule is O=C(CNC(=O)c1ccc(Cl)c(Cl)c1)OCc1cc(-c2ccco2)on1. The zero-order valence-corrected chi connectivity index (χ0v) is 14.7. The molecule has 0 saturated carbocycles. The number of nitrogens with one attached hydrogen (secondary N) is 1. The number of aromatic nitrogens is 1. The number of benzene rings is 1. The maximum absolute atomic E-state index is 12.0. The van der Waals surface area contributed by atoms with Crippen LogP contribution in [-0.4, -0.2) is 23.6 Å². The van der Waals surface area contributed by atoms with E-state index < -0.39 is 11.9 Å². The summed E-state index contributed by atoms with van der Waals surface area (Å²) in [7, 11) is 0. The number of amides is 1. The van der Waals surface area contributed by atoms with Gasteiger partial charge in [-0.1, -0.05) is 28.4 Å². The molecule has 1 aromatic carbocycles. The van der Waals surface area contributed by atoms with Gasteiger partial charge in [-0.25, -0.2) is 0 Å². The molecular formula is C17H12Cl2N2O5. The number of hydrogen-bond donors (Lipinski definition) is 1. The molecule has 2 aromatic heterocycles. The van der Waals surface area contributed by atoms with Gasteiger partial charge in [-0.15, -0.1) is 0 Å². The van der Waals surface area contributed by atoms with Gasteiger partial charge in [0.15, 0.2) is 5.76 Å². The number of furan rings is 1. The average molecular weight is 395 g/mol. The largest absolute Gasteiger partial charge is 0.461 e. The molecule has 0 unspecified atom stereocenters. The molecule has 0 aliphatic carbocycles. The van der Waals surface area contributed by atoms with E-state index in [1.807, 2.05) is 0 Å². The molecule has 0 bridgehead atoms. The zero-order chi connectivity index (χ0) is 18.5. The normalized spacial score (nSPS) is 10.5. The molecule has 1 N–H and O–H groups in total. The van der Waals surface area contributed by atoms with Crippen LogP contribution in [0, 0.1) is 0 Å². The second-order valence-electron chi connectivity index (χ2n) is 5.13. The van der Waals surface area contributed by atoms with Crippen LogP contribution >= 0.6 is 23.2 Å². The van der Waals surface area contributed by atoms with Crippen molar-refractivity contribution in [3.05, 3.63) is 64.0 Å². The summed E-state index contributed by atoms with van der Waals surface area (Å²) in [6, 6.07) is 9.44. The Bertz CT molecular complexity index is 921. The molecule has 0 saturated heterocycles. The maximum atomic E-state index is 12.0. The molecule has 3 rings (SSSR count). The smallest absolute Gasteiger partial charge is 0.325 e. The van der Waals surface area contributed by atoms with Gasteiger partial charge in [-0.05, 0) is 30.3 Å². The molecule has 26 heavy (non-hydrogen) atoms. The summed E-state index contributed by atoms with van der Waals surface area (Å²) in [6.07, 6.45) is 1.51. The summed E-state index contributed by atoms with van der Waals surface area (Å²) in [4.78, 5) is 23.7. The summed E-state index contributed by atoms with van der Waals surface area (Å²) < 4.78 is 15.3. The van der Waals surface area contributed by atoms with Gasteiger partial charge in [0.25, 0.3) is 5.91 Å². The van der Waals surface area contributed by atoms with Crippen molar-refractivity contribution in [1.29, 1.82) is 0 Å². The van der Waals surface area contributed by atoms with Gasteiger partial charge in [-0.3, -0.25) is 9.59 Å². The van der Waals surface area contributed by atoms with Crippen LogP contribution in [0.1, 0.15) is 16.1 Å². The summed E-state index contributed by atoms with van der Waals surface area (Å²) in [5.74, 6) is -0.152. The lowest BCUT2D eigenvalue weighted by molar-refractivity contribution is -0.143. The van der Waals surface area contributed by atoms with Crippen LogP contribution in [0.25, 0.3) is 11.5 Å². The minimum atomic E-state index is -0.624. The second-order valence-corrected chi connectivity index (χ2v) is 5.95. The van der Waals surface area contributed by atoms with E-state index in [4.69, 9.17) is 36.9 Å². The van der Waals surface area contributed by atoms with Gasteiger partial charge >= 0.3 is 5.97 Å². The lowest BCUT2D eigenvalue weighted by Crippen LogP contribution is -2.30. The van der Waals surface area contributed by atoms with E-state index in [1.54, 1.807) is 18.2 Å². The number of halogens is 2. The molecule has 134 valence electrons. The first-order valence-corrected chi connectivity index (χ1v) is 8.17. The van der Waals surface area contributed by atoms with Crippen molar-refractivity contribution >= 4 is 35.1 Å². The molecule has 3 aromatic rings. The number of esters is 1. The quantitative estimate of drug-likeness (QED) is 0.640. The fourth-order valence-electron chi connectivity index (χ4n) is 2.01. The first kappa shape index (κ1) is 18.0. The zero-order valence-electron chi connectivity index (χ0n) is 13.2. The number of nitrogens with zero attached hydrogens (tertiary/aromatic N) is 1. The molecule has 9 heteroatoms. The van der Waals surface area contributed by atoms with Crippen molar-refractivity contribution in [1.82, 2.24) is 10.5 Å². The summed E-state index contributed by atoms with van der Waals surface area (Å²) in [5, 5.41) is 6.80. The van der Waals surface area contributed by atoms with Crippen molar-refractivity contribution < 1.29 is 23.3 Å². The van der Waals surface area contributed by atoms with E-state index in [2.05, 4.69) is 10.5 Å². The topological polar surface area (TPSA) is 94.6 Å². The Morgan fingerprint density at radius 2 is 1.96 bits per heavy atom. The fourth-order valence-corrected chi connectivity index (χ4v) is 2.31. The average Bonchev–Trinajstić information content (AvgIpc) is 3.31. The molecule has 1 amide bonds. The van der Waals surface area contributed by atoms with Crippen LogP contribution in [0.3, 0.4) is 0 Å². The van der Waals surface area contributed by atoms with E-state index >= 15 is 0 Å². The Morgan fingerprint density at radius 3 is 2.69 bits per heavy atom. The predicted molar refractivity (Wildman–Crippen MR) is 92.8 cm³/mol. The number of carbonyl (C=O) groups is 2. The van der Waals surface area contributed by atoms with Gasteiger partial charge in [0.2, 0.25) is 5.76 Å². The highest BCUT2D eigenvalue weighted by Gasteiger charge is 2.13. The molecule has 0 spiro atoms. The fraction of sp³-hybridized carbons (Fsp3) is 0.118. The van der Waals surface area contributed by atoms with E-state index in [0.717, 1.165) is 0 Å². The van der Waals surface area contributed by atoms with E-state index in [0.29, 0.717) is 22.2 Å². The van der Waals surface area contributed by atoms with Gasteiger partial charge in [-0.2, -0.15) is 0 Å². The van der Waals surface area contributed by atoms with Gasteiger partial charge in [0.05, 0.1) is 16.3 Å². The lowest BCUT2D eigenvalue weighted by Gasteiger charge is -2.06. The highest BCUT2D eigenvalue weighted by molar-refractivity contribution is 6.42. The Balaban J connectivity index is 1.47. The lowest BCUT2D eigenvalue weighted by atomic mass is 10.2. The number of rotatable bonds is 6. The van der Waals surface area contributed by atoms with Crippen molar-refractivity contribution in [2.24, 2.45) is 0 Å². The molecular weight excluding hydrogens is 383 g/mol. The number of hydrogen-bond acceptors (Lipinski definition) is 6. The van der Waals surface area contributed by atoms with Crippen LogP contribution in [0.5, 0.6) is 0 Å². The molecule has 7 nitrogen and oxygen atoms in total. The minimum absolute atomic E-state index is 0.0916. The molecule has 0 aliphatic heterocycles. The van der Waals surface area contributed by atoms with E-state index in [1.165, 1.54) is 24.5 Å². The summed E-state index contributed by atoms with van der Waals surface area (Å²) in [6.45, 7) is -0.395. The molecule has 2 heterocycles. The highest BCUT2D eigenvalue weighted by atomic mass is 35.5. The third-order valence-corrected chi connectivity index (χ3v) is 4.02. The van der Waals surface area contributed by atoms with Gasteiger partial charge in [0.1, 0.15) is 18.8 Å². The third kappa shape index (κ3) is 4.44. The van der Waals surface area contributed by atoms with Crippen molar-refractivity contribution in [2.45, 2.75) is 6.61 Å². The Labute approximate surface area is 157 Å². The Morgan fingerprint density at radius 1 is 1.12 bits per heavy atom. The number of ether oxygens (including phenoxy) is 1. The maximum Gasteiger partial charge on any atom is 0.325 e. The highest BCUT2D eigenvalue weighted by Crippen LogP contribution is 2.22. The van der Waals surface area contributed by atoms with Crippen LogP contribution in [-0.2, 0) is 16.1 Å². The second kappa shape index (κ2) is 8.07. The number of carbonyl (C=O) groups excluding carboxylic acids is 2. The van der Waals surface area contributed by atoms with Crippen molar-refractivity contribution in [2.75, 3.05) is 6.54 Å². The Kier molecular flexibility index (Phi) is 5.60. The molecule has 0 atom stereocenters. The standard InChI is InChI=1S/C17H12Cl2N2O5/c18-12-4-3-10(6-13(12)19)17(23)20-8-16(22)25-9-11-7-15(26-21-11)14-2-1-5-24-14/h1-7H,8-9H2,(H,20,23). The first-order valence-electron chi connectivity index (χ1n) is 7.41. The third-order valence-electron chi connectivity index (χ3n) is 3.28. The monoisotopic (exact) mass is 394 g/mol. The van der Waals surface area contributed by atoms with Crippen LogP contribution in [0.15, 0.2) is 51.6 Å². The van der Waals surface area contributed by atoms with Crippen molar-refractivity contribution in [3.8, 4) is 11.5 Å². The minimum Gasteiger partial charge on any atom is -0.461 e. The van der Waals surface area contributed by atoms with Gasteiger partial charge in [0, 0.05) is 11.6 Å². The van der Waals surface area contributed by atoms with Crippen molar-refractivity contribution in [3.63, 3.8) is 0 Å². The van der Waals surface area contributed by atoms with Crippen LogP contribution in [0.4, 0.5) is 0 Å². The van der Waals surface area contributed by atoms with Crippen LogP contribution < -0.4 is 5.32 Å². The predicted octanol–water partition coefficient (Wildman–Crippen LogP) is 3.71. The Hall–Kier alpha value is -2.77. The molecule has 0 aliphatic rings. The first-order chi connectivity index (χ1) is 12.5. The molecule has 0 fully saturated rings. The van der Waals surface area contributed by atoms with Crippen LogP contribution in [0.2, 0.25) is 10.0 Å². The van der Waals surface area contributed by atoms with Gasteiger partial charge < -0.3 is 19.0 Å². The van der Waals surface area contributed by atoms with E-state index in [-0.39, 0.29) is 23.7 Å². The summed E-state index contributed by atoms with van der Waals surface area (Å²) >= 11 is 11.6.